The lowest BCUT2D eigenvalue weighted by Gasteiger charge is -2.11. The molecule has 0 spiro atoms. The number of rotatable bonds is 6. The summed E-state index contributed by atoms with van der Waals surface area (Å²) in [5, 5.41) is 10.2. The number of hydrogen-bond donors (Lipinski definition) is 1. The van der Waals surface area contributed by atoms with Gasteiger partial charge in [0.1, 0.15) is 5.82 Å². The van der Waals surface area contributed by atoms with Gasteiger partial charge in [0.05, 0.1) is 6.10 Å². The summed E-state index contributed by atoms with van der Waals surface area (Å²) < 4.78 is 1.99. The number of aliphatic hydroxyl groups excluding tert-OH is 1. The molecule has 102 valence electrons. The van der Waals surface area contributed by atoms with Gasteiger partial charge < -0.3 is 9.67 Å². The van der Waals surface area contributed by atoms with E-state index >= 15 is 0 Å². The highest BCUT2D eigenvalue weighted by Gasteiger charge is 2.09. The second kappa shape index (κ2) is 6.78. The fourth-order valence-electron chi connectivity index (χ4n) is 2.02. The van der Waals surface area contributed by atoms with Gasteiger partial charge in [0.2, 0.25) is 0 Å². The highest BCUT2D eigenvalue weighted by atomic mass is 32.2. The second-order valence-electron chi connectivity index (χ2n) is 4.51. The predicted molar refractivity (Wildman–Crippen MR) is 79.3 cm³/mol. The van der Waals surface area contributed by atoms with Gasteiger partial charge in [-0.2, -0.15) is 0 Å². The molecule has 2 aromatic rings. The molecule has 3 nitrogen and oxygen atoms in total. The molecular weight excluding hydrogens is 256 g/mol. The zero-order chi connectivity index (χ0) is 13.7. The van der Waals surface area contributed by atoms with Crippen LogP contribution in [-0.4, -0.2) is 20.4 Å². The monoisotopic (exact) mass is 276 g/mol. The van der Waals surface area contributed by atoms with Crippen molar-refractivity contribution in [2.75, 3.05) is 5.75 Å². The van der Waals surface area contributed by atoms with Gasteiger partial charge in [-0.05, 0) is 29.9 Å². The summed E-state index contributed by atoms with van der Waals surface area (Å²) in [6.07, 6.45) is 4.79. The van der Waals surface area contributed by atoms with Gasteiger partial charge in [-0.3, -0.25) is 0 Å². The van der Waals surface area contributed by atoms with Crippen molar-refractivity contribution in [3.63, 3.8) is 0 Å². The van der Waals surface area contributed by atoms with Gasteiger partial charge in [-0.15, -0.1) is 11.8 Å². The molecule has 19 heavy (non-hydrogen) atoms. The van der Waals surface area contributed by atoms with E-state index in [-0.39, 0.29) is 0 Å². The Hall–Kier alpha value is -1.26. The van der Waals surface area contributed by atoms with Crippen LogP contribution in [0.2, 0.25) is 0 Å². The molecule has 0 fully saturated rings. The van der Waals surface area contributed by atoms with Gasteiger partial charge in [-0.25, -0.2) is 4.98 Å². The molecule has 2 rings (SSSR count). The van der Waals surface area contributed by atoms with Crippen LogP contribution in [0.25, 0.3) is 0 Å². The molecule has 1 N–H and O–H groups in total. The molecule has 1 aromatic carbocycles. The zero-order valence-corrected chi connectivity index (χ0v) is 12.2. The number of hydrogen-bond acceptors (Lipinski definition) is 3. The van der Waals surface area contributed by atoms with Crippen molar-refractivity contribution >= 4 is 11.8 Å². The average Bonchev–Trinajstić information content (AvgIpc) is 2.83. The Balaban J connectivity index is 1.92. The van der Waals surface area contributed by atoms with Gasteiger partial charge in [0, 0.05) is 30.8 Å². The molecule has 1 unspecified atom stereocenters. The fourth-order valence-corrected chi connectivity index (χ4v) is 2.68. The fraction of sp³-hybridized carbons (Fsp3) is 0.400. The van der Waals surface area contributed by atoms with Gasteiger partial charge in [0.25, 0.3) is 0 Å². The highest BCUT2D eigenvalue weighted by molar-refractivity contribution is 7.99. The van der Waals surface area contributed by atoms with Crippen molar-refractivity contribution < 1.29 is 5.11 Å². The van der Waals surface area contributed by atoms with Crippen LogP contribution in [0.3, 0.4) is 0 Å². The molecule has 1 atom stereocenters. The van der Waals surface area contributed by atoms with Crippen molar-refractivity contribution in [1.29, 1.82) is 0 Å². The van der Waals surface area contributed by atoms with Gasteiger partial charge in [0.15, 0.2) is 0 Å². The molecule has 0 radical (unpaired) electrons. The first-order valence-electron chi connectivity index (χ1n) is 6.57. The van der Waals surface area contributed by atoms with E-state index in [1.807, 2.05) is 41.7 Å². The smallest absolute Gasteiger partial charge is 0.108 e. The summed E-state index contributed by atoms with van der Waals surface area (Å²) in [5.74, 6) is 2.08. The molecular formula is C15H20N2OS. The lowest BCUT2D eigenvalue weighted by atomic mass is 10.0. The number of nitrogens with zero attached hydrogens (tertiary/aromatic N) is 2. The summed E-state index contributed by atoms with van der Waals surface area (Å²) in [7, 11) is 1.98. The van der Waals surface area contributed by atoms with Crippen LogP contribution in [0.4, 0.5) is 0 Å². The summed E-state index contributed by atoms with van der Waals surface area (Å²) in [5.41, 5.74) is 0.981. The standard InChI is InChI=1S/C15H20N2OS/c1-3-19-13-6-4-12(5-7-13)14(18)8-9-15-16-10-11-17(15)2/h4-7,10-11,14,18H,3,8-9H2,1-2H3. The third-order valence-electron chi connectivity index (χ3n) is 3.14. The van der Waals surface area contributed by atoms with E-state index in [4.69, 9.17) is 0 Å². The number of imidazole rings is 1. The minimum Gasteiger partial charge on any atom is -0.388 e. The number of aromatic nitrogens is 2. The Labute approximate surface area is 118 Å². The van der Waals surface area contributed by atoms with Crippen LogP contribution in [0, 0.1) is 0 Å². The van der Waals surface area contributed by atoms with Crippen molar-refractivity contribution in [1.82, 2.24) is 9.55 Å². The first-order valence-corrected chi connectivity index (χ1v) is 7.56. The van der Waals surface area contributed by atoms with E-state index in [0.29, 0.717) is 6.42 Å². The topological polar surface area (TPSA) is 38.1 Å². The Morgan fingerprint density at radius 3 is 2.63 bits per heavy atom. The SMILES string of the molecule is CCSc1ccc(C(O)CCc2nccn2C)cc1. The van der Waals surface area contributed by atoms with Crippen molar-refractivity contribution in [3.05, 3.63) is 48.0 Å². The maximum Gasteiger partial charge on any atom is 0.108 e. The second-order valence-corrected chi connectivity index (χ2v) is 5.85. The minimum atomic E-state index is -0.419. The Morgan fingerprint density at radius 1 is 1.32 bits per heavy atom. The summed E-state index contributed by atoms with van der Waals surface area (Å²) in [6.45, 7) is 2.14. The molecule has 4 heteroatoms. The summed E-state index contributed by atoms with van der Waals surface area (Å²) in [6, 6.07) is 8.18. The summed E-state index contributed by atoms with van der Waals surface area (Å²) >= 11 is 1.81. The Morgan fingerprint density at radius 2 is 2.05 bits per heavy atom. The molecule has 1 aromatic heterocycles. The zero-order valence-electron chi connectivity index (χ0n) is 11.4. The highest BCUT2D eigenvalue weighted by Crippen LogP contribution is 2.23. The summed E-state index contributed by atoms with van der Waals surface area (Å²) in [4.78, 5) is 5.52. The average molecular weight is 276 g/mol. The third-order valence-corrected chi connectivity index (χ3v) is 4.03. The van der Waals surface area contributed by atoms with Crippen molar-refractivity contribution in [2.24, 2.45) is 7.05 Å². The van der Waals surface area contributed by atoms with E-state index < -0.39 is 6.10 Å². The van der Waals surface area contributed by atoms with Crippen LogP contribution in [-0.2, 0) is 13.5 Å². The third kappa shape index (κ3) is 3.85. The molecule has 1 heterocycles. The first-order chi connectivity index (χ1) is 9.20. The lowest BCUT2D eigenvalue weighted by Crippen LogP contribution is -2.03. The largest absolute Gasteiger partial charge is 0.388 e. The van der Waals surface area contributed by atoms with Crippen molar-refractivity contribution in [2.45, 2.75) is 30.8 Å². The predicted octanol–water partition coefficient (Wildman–Crippen LogP) is 3.20. The van der Waals surface area contributed by atoms with Crippen LogP contribution in [0.5, 0.6) is 0 Å². The van der Waals surface area contributed by atoms with Crippen LogP contribution >= 0.6 is 11.8 Å². The van der Waals surface area contributed by atoms with E-state index in [9.17, 15) is 5.11 Å². The molecule has 0 aliphatic rings. The van der Waals surface area contributed by atoms with E-state index in [2.05, 4.69) is 24.0 Å². The number of aliphatic hydroxyl groups is 1. The normalized spacial score (nSPS) is 12.6. The van der Waals surface area contributed by atoms with Crippen molar-refractivity contribution in [3.8, 4) is 0 Å². The number of thioether (sulfide) groups is 1. The number of aryl methyl sites for hydroxylation is 2. The van der Waals surface area contributed by atoms with Crippen LogP contribution < -0.4 is 0 Å². The first kappa shape index (κ1) is 14.2. The maximum absolute atomic E-state index is 10.2. The molecule has 0 saturated carbocycles. The minimum absolute atomic E-state index is 0.419. The van der Waals surface area contributed by atoms with Crippen LogP contribution in [0.1, 0.15) is 30.8 Å². The molecule has 0 aliphatic carbocycles. The quantitative estimate of drug-likeness (QED) is 0.823. The molecule has 0 bridgehead atoms. The Bertz CT molecular complexity index is 507. The van der Waals surface area contributed by atoms with Gasteiger partial charge >= 0.3 is 0 Å². The lowest BCUT2D eigenvalue weighted by molar-refractivity contribution is 0.166. The van der Waals surface area contributed by atoms with Gasteiger partial charge in [-0.1, -0.05) is 19.1 Å². The van der Waals surface area contributed by atoms with E-state index in [1.165, 1.54) is 4.90 Å². The molecule has 0 aliphatic heterocycles. The van der Waals surface area contributed by atoms with Crippen LogP contribution in [0.15, 0.2) is 41.6 Å². The Kier molecular flexibility index (Phi) is 5.05. The molecule has 0 saturated heterocycles. The number of benzene rings is 1. The van der Waals surface area contributed by atoms with E-state index in [0.717, 1.165) is 23.6 Å². The molecule has 0 amide bonds. The van der Waals surface area contributed by atoms with E-state index in [1.54, 1.807) is 6.20 Å². The maximum atomic E-state index is 10.2.